The van der Waals surface area contributed by atoms with Gasteiger partial charge in [-0.3, -0.25) is 0 Å². The molecule has 0 radical (unpaired) electrons. The highest BCUT2D eigenvalue weighted by Crippen LogP contribution is 2.19. The second kappa shape index (κ2) is 19.1. The Balaban J connectivity index is 0. The molecule has 0 bridgehead atoms. The zero-order valence-electron chi connectivity index (χ0n) is 18.5. The van der Waals surface area contributed by atoms with E-state index in [0.717, 1.165) is 38.3 Å². The molecule has 0 saturated carbocycles. The van der Waals surface area contributed by atoms with E-state index in [2.05, 4.69) is 27.7 Å². The summed E-state index contributed by atoms with van der Waals surface area (Å²) in [5.41, 5.74) is -0.0130. The molecule has 0 amide bonds. The summed E-state index contributed by atoms with van der Waals surface area (Å²) in [7, 11) is 1.74. The summed E-state index contributed by atoms with van der Waals surface area (Å²) in [4.78, 5) is 20.5. The maximum absolute atomic E-state index is 10.3. The van der Waals surface area contributed by atoms with Crippen LogP contribution in [0.2, 0.25) is 0 Å². The predicted octanol–water partition coefficient (Wildman–Crippen LogP) is 6.77. The predicted molar refractivity (Wildman–Crippen MR) is 113 cm³/mol. The molecule has 0 aromatic carbocycles. The van der Waals surface area contributed by atoms with Crippen LogP contribution < -0.4 is 0 Å². The number of ether oxygens (including phenoxy) is 1. The molecule has 0 aromatic heterocycles. The molecule has 0 aliphatic carbocycles. The number of carbonyl (C=O) groups excluding carboxylic acids is 2. The number of methoxy groups -OCH3 is 1. The van der Waals surface area contributed by atoms with Crippen molar-refractivity contribution in [3.63, 3.8) is 0 Å². The fourth-order valence-electron chi connectivity index (χ4n) is 2.75. The van der Waals surface area contributed by atoms with Crippen LogP contribution in [0.1, 0.15) is 112 Å². The van der Waals surface area contributed by atoms with Crippen LogP contribution in [0.15, 0.2) is 0 Å². The molecule has 0 rings (SSSR count). The molecule has 0 aliphatic heterocycles. The molecule has 3 heteroatoms. The van der Waals surface area contributed by atoms with Crippen molar-refractivity contribution >= 4 is 12.6 Å². The lowest BCUT2D eigenvalue weighted by Crippen LogP contribution is -2.22. The minimum atomic E-state index is -0.0130. The minimum absolute atomic E-state index is 0.0130. The van der Waals surface area contributed by atoms with Crippen molar-refractivity contribution in [1.29, 1.82) is 0 Å². The number of unbranched alkanes of at least 4 members (excludes halogenated alkanes) is 6. The minimum Gasteiger partial charge on any atom is -0.379 e. The van der Waals surface area contributed by atoms with Crippen molar-refractivity contribution in [2.45, 2.75) is 117 Å². The maximum atomic E-state index is 10.3. The molecule has 2 unspecified atom stereocenters. The zero-order chi connectivity index (χ0) is 20.3. The van der Waals surface area contributed by atoms with Crippen molar-refractivity contribution in [1.82, 2.24) is 0 Å². The number of hydrogen-bond acceptors (Lipinski definition) is 3. The normalized spacial score (nSPS) is 13.5. The van der Waals surface area contributed by atoms with Crippen LogP contribution in [0, 0.1) is 11.8 Å². The molecular formula is C23H46O3. The van der Waals surface area contributed by atoms with Crippen molar-refractivity contribution in [2.75, 3.05) is 7.11 Å². The highest BCUT2D eigenvalue weighted by molar-refractivity contribution is 5.52. The number of carbonyl (C=O) groups is 2. The monoisotopic (exact) mass is 370 g/mol. The molecule has 156 valence electrons. The third-order valence-corrected chi connectivity index (χ3v) is 5.02. The molecule has 3 nitrogen and oxygen atoms in total. The summed E-state index contributed by atoms with van der Waals surface area (Å²) < 4.78 is 5.31. The fourth-order valence-corrected chi connectivity index (χ4v) is 2.75. The van der Waals surface area contributed by atoms with Gasteiger partial charge in [-0.2, -0.15) is 0 Å². The topological polar surface area (TPSA) is 43.4 Å². The third-order valence-electron chi connectivity index (χ3n) is 5.02. The molecule has 0 aromatic rings. The lowest BCUT2D eigenvalue weighted by Gasteiger charge is -2.23. The first-order chi connectivity index (χ1) is 12.3. The van der Waals surface area contributed by atoms with Crippen molar-refractivity contribution in [3.8, 4) is 0 Å². The SMILES string of the molecule is CCCCCCCCCC(C)C=O.COC(C)(C)CCCC(C)CC=O. The zero-order valence-corrected chi connectivity index (χ0v) is 18.5. The Kier molecular flexibility index (Phi) is 20.2. The second-order valence-electron chi connectivity index (χ2n) is 8.39. The van der Waals surface area contributed by atoms with E-state index in [1.807, 2.05) is 6.92 Å². The average Bonchev–Trinajstić information content (AvgIpc) is 2.61. The Bertz CT molecular complexity index is 313. The van der Waals surface area contributed by atoms with Crippen molar-refractivity contribution < 1.29 is 14.3 Å². The summed E-state index contributed by atoms with van der Waals surface area (Å²) in [5.74, 6) is 0.792. The van der Waals surface area contributed by atoms with Gasteiger partial charge in [0.15, 0.2) is 0 Å². The van der Waals surface area contributed by atoms with Crippen molar-refractivity contribution in [2.24, 2.45) is 11.8 Å². The summed E-state index contributed by atoms with van der Waals surface area (Å²) in [5, 5.41) is 0. The van der Waals surface area contributed by atoms with Crippen LogP contribution >= 0.6 is 0 Å². The Labute approximate surface area is 163 Å². The summed E-state index contributed by atoms with van der Waals surface area (Å²) >= 11 is 0. The average molecular weight is 371 g/mol. The van der Waals surface area contributed by atoms with E-state index in [1.54, 1.807) is 7.11 Å². The van der Waals surface area contributed by atoms with Crippen LogP contribution in [0.3, 0.4) is 0 Å². The van der Waals surface area contributed by atoms with Gasteiger partial charge in [-0.25, -0.2) is 0 Å². The number of hydrogen-bond donors (Lipinski definition) is 0. The molecule has 2 atom stereocenters. The lowest BCUT2D eigenvalue weighted by molar-refractivity contribution is -0.111. The molecule has 0 spiro atoms. The van der Waals surface area contributed by atoms with E-state index < -0.39 is 0 Å². The molecular weight excluding hydrogens is 324 g/mol. The lowest BCUT2D eigenvalue weighted by atomic mass is 9.95. The molecule has 0 aliphatic rings. The van der Waals surface area contributed by atoms with E-state index in [-0.39, 0.29) is 11.5 Å². The molecule has 0 saturated heterocycles. The number of rotatable bonds is 16. The maximum Gasteiger partial charge on any atom is 0.122 e. The van der Waals surface area contributed by atoms with Gasteiger partial charge >= 0.3 is 0 Å². The molecule has 0 heterocycles. The summed E-state index contributed by atoms with van der Waals surface area (Å²) in [6.45, 7) is 10.6. The van der Waals surface area contributed by atoms with Crippen molar-refractivity contribution in [3.05, 3.63) is 0 Å². The first-order valence-electron chi connectivity index (χ1n) is 10.8. The van der Waals surface area contributed by atoms with Gasteiger partial charge in [0.25, 0.3) is 0 Å². The highest BCUT2D eigenvalue weighted by atomic mass is 16.5. The first kappa shape index (κ1) is 27.5. The quantitative estimate of drug-likeness (QED) is 0.222. The Morgan fingerprint density at radius 3 is 1.96 bits per heavy atom. The standard InChI is InChI=1S/C12H24O.C11H22O2/c1-3-4-5-6-7-8-9-10-12(2)11-13;1-10(7-9-12)6-5-8-11(2,3)13-4/h11-12H,3-10H2,1-2H3;9-10H,5-8H2,1-4H3. The van der Waals surface area contributed by atoms with Gasteiger partial charge < -0.3 is 14.3 Å². The highest BCUT2D eigenvalue weighted by Gasteiger charge is 2.15. The van der Waals surface area contributed by atoms with Crippen LogP contribution in [0.25, 0.3) is 0 Å². The van der Waals surface area contributed by atoms with Gasteiger partial charge in [-0.15, -0.1) is 0 Å². The van der Waals surface area contributed by atoms with Gasteiger partial charge in [-0.1, -0.05) is 78.6 Å². The fraction of sp³-hybridized carbons (Fsp3) is 0.913. The van der Waals surface area contributed by atoms with Crippen LogP contribution in [0.4, 0.5) is 0 Å². The van der Waals surface area contributed by atoms with Gasteiger partial charge in [0.2, 0.25) is 0 Å². The molecule has 0 fully saturated rings. The Morgan fingerprint density at radius 1 is 0.885 bits per heavy atom. The van der Waals surface area contributed by atoms with Crippen LogP contribution in [0.5, 0.6) is 0 Å². The van der Waals surface area contributed by atoms with Gasteiger partial charge in [0.1, 0.15) is 12.6 Å². The second-order valence-corrected chi connectivity index (χ2v) is 8.39. The van der Waals surface area contributed by atoms with Gasteiger partial charge in [0, 0.05) is 19.4 Å². The van der Waals surface area contributed by atoms with E-state index in [4.69, 9.17) is 4.74 Å². The molecule has 26 heavy (non-hydrogen) atoms. The van der Waals surface area contributed by atoms with E-state index in [1.165, 1.54) is 44.9 Å². The number of aldehydes is 2. The largest absolute Gasteiger partial charge is 0.379 e. The van der Waals surface area contributed by atoms with E-state index >= 15 is 0 Å². The first-order valence-corrected chi connectivity index (χ1v) is 10.8. The van der Waals surface area contributed by atoms with Crippen LogP contribution in [-0.2, 0) is 14.3 Å². The summed E-state index contributed by atoms with van der Waals surface area (Å²) in [6.07, 6.45) is 16.5. The van der Waals surface area contributed by atoms with Gasteiger partial charge in [-0.05, 0) is 32.6 Å². The summed E-state index contributed by atoms with van der Waals surface area (Å²) in [6, 6.07) is 0. The Morgan fingerprint density at radius 2 is 1.46 bits per heavy atom. The third kappa shape index (κ3) is 21.3. The van der Waals surface area contributed by atoms with E-state index in [9.17, 15) is 9.59 Å². The Hall–Kier alpha value is -0.700. The molecule has 0 N–H and O–H groups in total. The van der Waals surface area contributed by atoms with Crippen LogP contribution in [-0.4, -0.2) is 25.3 Å². The van der Waals surface area contributed by atoms with Gasteiger partial charge in [0.05, 0.1) is 5.60 Å². The smallest absolute Gasteiger partial charge is 0.122 e. The van der Waals surface area contributed by atoms with E-state index in [0.29, 0.717) is 12.3 Å².